The van der Waals surface area contributed by atoms with Crippen molar-refractivity contribution in [2.45, 2.75) is 25.8 Å². The number of rotatable bonds is 6. The van der Waals surface area contributed by atoms with Gasteiger partial charge in [0, 0.05) is 36.7 Å². The smallest absolute Gasteiger partial charge is 0.0537 e. The molecule has 0 radical (unpaired) electrons. The summed E-state index contributed by atoms with van der Waals surface area (Å²) in [5.74, 6) is 0. The molecule has 1 N–H and O–H groups in total. The lowest BCUT2D eigenvalue weighted by Crippen LogP contribution is -2.21. The van der Waals surface area contributed by atoms with Crippen molar-refractivity contribution in [2.75, 3.05) is 6.54 Å². The number of nitrogens with zero attached hydrogens (tertiary/aromatic N) is 3. The molecule has 0 bridgehead atoms. The molecule has 2 aromatic rings. The van der Waals surface area contributed by atoms with Crippen LogP contribution >= 0.6 is 0 Å². The van der Waals surface area contributed by atoms with Gasteiger partial charge in [0.05, 0.1) is 6.20 Å². The molecule has 1 unspecified atom stereocenters. The normalized spacial score (nSPS) is 12.6. The van der Waals surface area contributed by atoms with Crippen LogP contribution in [0.5, 0.6) is 0 Å². The van der Waals surface area contributed by atoms with Gasteiger partial charge in [-0.3, -0.25) is 9.67 Å². The highest BCUT2D eigenvalue weighted by Gasteiger charge is 2.12. The van der Waals surface area contributed by atoms with Crippen LogP contribution in [-0.2, 0) is 13.5 Å². The second-order valence-corrected chi connectivity index (χ2v) is 4.42. The van der Waals surface area contributed by atoms with E-state index < -0.39 is 0 Å². The zero-order valence-electron chi connectivity index (χ0n) is 11.0. The first-order valence-electron chi connectivity index (χ1n) is 6.41. The van der Waals surface area contributed by atoms with Crippen molar-refractivity contribution in [3.8, 4) is 0 Å². The molecule has 2 heterocycles. The highest BCUT2D eigenvalue weighted by molar-refractivity contribution is 5.12. The van der Waals surface area contributed by atoms with Crippen molar-refractivity contribution in [3.63, 3.8) is 0 Å². The molecule has 0 amide bonds. The number of hydrogen-bond acceptors (Lipinski definition) is 3. The van der Waals surface area contributed by atoms with Crippen LogP contribution < -0.4 is 5.32 Å². The monoisotopic (exact) mass is 244 g/mol. The van der Waals surface area contributed by atoms with Gasteiger partial charge in [-0.2, -0.15) is 5.10 Å². The topological polar surface area (TPSA) is 42.7 Å². The van der Waals surface area contributed by atoms with E-state index in [1.165, 1.54) is 5.56 Å². The van der Waals surface area contributed by atoms with Gasteiger partial charge in [-0.05, 0) is 31.5 Å². The van der Waals surface area contributed by atoms with E-state index in [0.29, 0.717) is 6.04 Å². The van der Waals surface area contributed by atoms with Crippen molar-refractivity contribution in [1.29, 1.82) is 0 Å². The Morgan fingerprint density at radius 3 is 2.89 bits per heavy atom. The fraction of sp³-hybridized carbons (Fsp3) is 0.429. The maximum Gasteiger partial charge on any atom is 0.0537 e. The third-order valence-electron chi connectivity index (χ3n) is 2.99. The Hall–Kier alpha value is -1.68. The molecule has 2 rings (SSSR count). The molecule has 96 valence electrons. The van der Waals surface area contributed by atoms with Crippen molar-refractivity contribution in [2.24, 2.45) is 7.05 Å². The Kier molecular flexibility index (Phi) is 4.47. The maximum atomic E-state index is 4.36. The Labute approximate surface area is 108 Å². The van der Waals surface area contributed by atoms with Crippen LogP contribution in [0.3, 0.4) is 0 Å². The van der Waals surface area contributed by atoms with E-state index in [1.807, 2.05) is 36.3 Å². The Balaban J connectivity index is 1.98. The van der Waals surface area contributed by atoms with Gasteiger partial charge in [0.2, 0.25) is 0 Å². The first-order valence-corrected chi connectivity index (χ1v) is 6.41. The van der Waals surface area contributed by atoms with Gasteiger partial charge in [0.15, 0.2) is 0 Å². The summed E-state index contributed by atoms with van der Waals surface area (Å²) in [6, 6.07) is 6.42. The molecule has 4 nitrogen and oxygen atoms in total. The van der Waals surface area contributed by atoms with E-state index in [4.69, 9.17) is 0 Å². The molecule has 0 aliphatic heterocycles. The summed E-state index contributed by atoms with van der Waals surface area (Å²) >= 11 is 0. The Bertz CT molecular complexity index is 464. The first-order chi connectivity index (χ1) is 8.79. The number of aromatic nitrogens is 3. The van der Waals surface area contributed by atoms with Crippen LogP contribution in [0.2, 0.25) is 0 Å². The van der Waals surface area contributed by atoms with E-state index in [9.17, 15) is 0 Å². The average molecular weight is 244 g/mol. The van der Waals surface area contributed by atoms with Gasteiger partial charge >= 0.3 is 0 Å². The molecule has 0 spiro atoms. The predicted octanol–water partition coefficient (Wildman–Crippen LogP) is 2.10. The third-order valence-corrected chi connectivity index (χ3v) is 2.99. The zero-order chi connectivity index (χ0) is 12.8. The number of hydrogen-bond donors (Lipinski definition) is 1. The first kappa shape index (κ1) is 12.8. The standard InChI is InChI=1S/C14H20N4/c1-3-15-14(12-10-17-18(2)11-12)8-7-13-6-4-5-9-16-13/h4-6,9-11,14-15H,3,7-8H2,1-2H3. The number of nitrogens with one attached hydrogen (secondary N) is 1. The fourth-order valence-electron chi connectivity index (χ4n) is 2.09. The van der Waals surface area contributed by atoms with E-state index in [0.717, 1.165) is 25.1 Å². The predicted molar refractivity (Wildman–Crippen MR) is 72.2 cm³/mol. The molecule has 0 aliphatic rings. The van der Waals surface area contributed by atoms with Gasteiger partial charge in [0.1, 0.15) is 0 Å². The lowest BCUT2D eigenvalue weighted by atomic mass is 10.0. The molecule has 0 saturated carbocycles. The summed E-state index contributed by atoms with van der Waals surface area (Å²) in [6.07, 6.45) is 7.88. The average Bonchev–Trinajstić information content (AvgIpc) is 2.82. The second kappa shape index (κ2) is 6.31. The van der Waals surface area contributed by atoms with Gasteiger partial charge < -0.3 is 5.32 Å². The minimum Gasteiger partial charge on any atom is -0.310 e. The molecule has 1 atom stereocenters. The molecule has 0 aliphatic carbocycles. The minimum absolute atomic E-state index is 0.353. The molecular weight excluding hydrogens is 224 g/mol. The molecule has 0 saturated heterocycles. The number of aryl methyl sites for hydroxylation is 2. The van der Waals surface area contributed by atoms with E-state index in [1.54, 1.807) is 0 Å². The molecule has 2 aromatic heterocycles. The molecular formula is C14H20N4. The fourth-order valence-corrected chi connectivity index (χ4v) is 2.09. The molecule has 0 fully saturated rings. The van der Waals surface area contributed by atoms with Gasteiger partial charge in [-0.25, -0.2) is 0 Å². The SMILES string of the molecule is CCNC(CCc1ccccn1)c1cnn(C)c1. The largest absolute Gasteiger partial charge is 0.310 e. The lowest BCUT2D eigenvalue weighted by molar-refractivity contribution is 0.512. The summed E-state index contributed by atoms with van der Waals surface area (Å²) in [5, 5.41) is 7.74. The van der Waals surface area contributed by atoms with E-state index >= 15 is 0 Å². The maximum absolute atomic E-state index is 4.36. The zero-order valence-corrected chi connectivity index (χ0v) is 11.0. The molecule has 18 heavy (non-hydrogen) atoms. The van der Waals surface area contributed by atoms with Gasteiger partial charge in [0.25, 0.3) is 0 Å². The molecule has 0 aromatic carbocycles. The highest BCUT2D eigenvalue weighted by atomic mass is 15.2. The Morgan fingerprint density at radius 2 is 2.28 bits per heavy atom. The van der Waals surface area contributed by atoms with Crippen molar-refractivity contribution >= 4 is 0 Å². The third kappa shape index (κ3) is 3.40. The Morgan fingerprint density at radius 1 is 1.39 bits per heavy atom. The van der Waals surface area contributed by atoms with E-state index in [2.05, 4.69) is 34.6 Å². The van der Waals surface area contributed by atoms with Crippen LogP contribution in [0.4, 0.5) is 0 Å². The van der Waals surface area contributed by atoms with Crippen molar-refractivity contribution in [3.05, 3.63) is 48.0 Å². The summed E-state index contributed by atoms with van der Waals surface area (Å²) in [5.41, 5.74) is 2.39. The molecule has 4 heteroatoms. The van der Waals surface area contributed by atoms with Crippen LogP contribution in [0, 0.1) is 0 Å². The van der Waals surface area contributed by atoms with E-state index in [-0.39, 0.29) is 0 Å². The lowest BCUT2D eigenvalue weighted by Gasteiger charge is -2.15. The van der Waals surface area contributed by atoms with Crippen LogP contribution in [-0.4, -0.2) is 21.3 Å². The second-order valence-electron chi connectivity index (χ2n) is 4.42. The van der Waals surface area contributed by atoms with Crippen LogP contribution in [0.15, 0.2) is 36.8 Å². The van der Waals surface area contributed by atoms with Crippen LogP contribution in [0.25, 0.3) is 0 Å². The van der Waals surface area contributed by atoms with Gasteiger partial charge in [-0.1, -0.05) is 13.0 Å². The summed E-state index contributed by atoms with van der Waals surface area (Å²) in [4.78, 5) is 4.36. The van der Waals surface area contributed by atoms with Crippen LogP contribution in [0.1, 0.15) is 30.6 Å². The van der Waals surface area contributed by atoms with Gasteiger partial charge in [-0.15, -0.1) is 0 Å². The summed E-state index contributed by atoms with van der Waals surface area (Å²) in [6.45, 7) is 3.09. The summed E-state index contributed by atoms with van der Waals surface area (Å²) < 4.78 is 1.85. The minimum atomic E-state index is 0.353. The number of pyridine rings is 1. The summed E-state index contributed by atoms with van der Waals surface area (Å²) in [7, 11) is 1.95. The quantitative estimate of drug-likeness (QED) is 0.846. The van der Waals surface area contributed by atoms with Crippen molar-refractivity contribution in [1.82, 2.24) is 20.1 Å². The van der Waals surface area contributed by atoms with Crippen molar-refractivity contribution < 1.29 is 0 Å². The highest BCUT2D eigenvalue weighted by Crippen LogP contribution is 2.17.